The molecule has 0 unspecified atom stereocenters. The van der Waals surface area contributed by atoms with Crippen molar-refractivity contribution < 1.29 is 4.42 Å². The number of nitrogen functional groups attached to an aromatic ring is 2. The summed E-state index contributed by atoms with van der Waals surface area (Å²) in [6.45, 7) is 5.84. The summed E-state index contributed by atoms with van der Waals surface area (Å²) in [5.74, 6) is 0. The molecule has 0 fully saturated rings. The molecule has 0 aliphatic rings. The largest absolute Gasteiger partial charge is 0.421 e. The number of fused-ring (bicyclic) bond motifs is 1. The molecular weight excluding hydrogens is 440 g/mol. The Bertz CT molecular complexity index is 1550. The summed E-state index contributed by atoms with van der Waals surface area (Å²) in [5, 5.41) is 9.17. The second kappa shape index (κ2) is 8.98. The van der Waals surface area contributed by atoms with Gasteiger partial charge in [-0.05, 0) is 55.8 Å². The number of hydrogen-bond donors (Lipinski definition) is 2. The fourth-order valence-corrected chi connectivity index (χ4v) is 4.19. The fraction of sp³-hybridized carbons (Fsp3) is 0.148. The van der Waals surface area contributed by atoms with Crippen molar-refractivity contribution in [3.05, 3.63) is 83.3 Å². The van der Waals surface area contributed by atoms with Crippen LogP contribution in [0.5, 0.6) is 0 Å². The molecule has 5 rings (SSSR count). The Morgan fingerprint density at radius 2 is 1.51 bits per heavy atom. The van der Waals surface area contributed by atoms with E-state index >= 15 is 0 Å². The number of aromatic nitrogens is 3. The molecule has 2 aromatic heterocycles. The number of hydrogen-bond acceptors (Lipinski definition) is 7. The minimum Gasteiger partial charge on any atom is -0.421 e. The Morgan fingerprint density at radius 1 is 0.886 bits per heavy atom. The second-order valence-corrected chi connectivity index (χ2v) is 8.29. The molecule has 0 spiro atoms. The maximum atomic E-state index is 12.9. The van der Waals surface area contributed by atoms with Crippen LogP contribution in [0.1, 0.15) is 13.8 Å². The van der Waals surface area contributed by atoms with E-state index in [4.69, 9.17) is 15.9 Å². The molecule has 5 aromatic rings. The molecular formula is C27H26N6O2. The molecule has 0 saturated heterocycles. The van der Waals surface area contributed by atoms with Gasteiger partial charge in [0.25, 0.3) is 0 Å². The van der Waals surface area contributed by atoms with Crippen molar-refractivity contribution in [2.75, 3.05) is 29.5 Å². The zero-order valence-electron chi connectivity index (χ0n) is 19.6. The highest BCUT2D eigenvalue weighted by Gasteiger charge is 2.16. The van der Waals surface area contributed by atoms with E-state index in [0.29, 0.717) is 22.7 Å². The Kier molecular flexibility index (Phi) is 5.70. The topological polar surface area (TPSA) is 116 Å². The van der Waals surface area contributed by atoms with Gasteiger partial charge in [0.15, 0.2) is 5.69 Å². The van der Waals surface area contributed by atoms with Crippen LogP contribution in [0.2, 0.25) is 0 Å². The van der Waals surface area contributed by atoms with Gasteiger partial charge in [-0.25, -0.2) is 9.48 Å². The highest BCUT2D eigenvalue weighted by Crippen LogP contribution is 2.35. The molecule has 0 saturated carbocycles. The molecule has 8 nitrogen and oxygen atoms in total. The average molecular weight is 467 g/mol. The molecule has 2 heterocycles. The standard InChI is InChI=1S/C27H26N6O2/c1-3-32(4-2)24-15-26-19(13-22(24)17-5-9-20(28)10-6-17)14-25(27(34)35-26)33-16-23(30-31-33)18-7-11-21(29)12-8-18/h5-16H,3-4,28-29H2,1-2H3. The first-order valence-corrected chi connectivity index (χ1v) is 11.5. The smallest absolute Gasteiger partial charge is 0.362 e. The van der Waals surface area contributed by atoms with Gasteiger partial charge in [0.05, 0.1) is 6.20 Å². The summed E-state index contributed by atoms with van der Waals surface area (Å²) in [6.07, 6.45) is 1.70. The van der Waals surface area contributed by atoms with Crippen LogP contribution in [0, 0.1) is 0 Å². The predicted molar refractivity (Wildman–Crippen MR) is 141 cm³/mol. The Morgan fingerprint density at radius 3 is 2.14 bits per heavy atom. The van der Waals surface area contributed by atoms with Crippen molar-refractivity contribution >= 4 is 28.0 Å². The van der Waals surface area contributed by atoms with Gasteiger partial charge < -0.3 is 20.8 Å². The van der Waals surface area contributed by atoms with Gasteiger partial charge in [-0.2, -0.15) is 0 Å². The normalized spacial score (nSPS) is 11.1. The average Bonchev–Trinajstić information content (AvgIpc) is 3.35. The third-order valence-corrected chi connectivity index (χ3v) is 6.10. The molecule has 0 atom stereocenters. The number of rotatable bonds is 6. The van der Waals surface area contributed by atoms with Gasteiger partial charge in [0.1, 0.15) is 11.3 Å². The molecule has 0 aliphatic carbocycles. The predicted octanol–water partition coefficient (Wildman–Crippen LogP) is 4.72. The summed E-state index contributed by atoms with van der Waals surface area (Å²) < 4.78 is 7.20. The lowest BCUT2D eigenvalue weighted by atomic mass is 10.00. The van der Waals surface area contributed by atoms with E-state index in [2.05, 4.69) is 29.1 Å². The SMILES string of the molecule is CCN(CC)c1cc2oc(=O)c(-n3cc(-c4ccc(N)cc4)nn3)cc2cc1-c1ccc(N)cc1. The number of benzene rings is 3. The van der Waals surface area contributed by atoms with Crippen LogP contribution in [0.25, 0.3) is 39.0 Å². The molecule has 0 amide bonds. The molecule has 4 N–H and O–H groups in total. The summed E-state index contributed by atoms with van der Waals surface area (Å²) in [4.78, 5) is 15.2. The lowest BCUT2D eigenvalue weighted by Crippen LogP contribution is -2.22. The van der Waals surface area contributed by atoms with Crippen molar-refractivity contribution in [2.45, 2.75) is 13.8 Å². The summed E-state index contributed by atoms with van der Waals surface area (Å²) in [5.41, 5.74) is 17.9. The van der Waals surface area contributed by atoms with E-state index in [9.17, 15) is 4.79 Å². The van der Waals surface area contributed by atoms with Crippen molar-refractivity contribution in [1.29, 1.82) is 0 Å². The van der Waals surface area contributed by atoms with Gasteiger partial charge in [-0.15, -0.1) is 5.10 Å². The van der Waals surface area contributed by atoms with Crippen LogP contribution in [0.3, 0.4) is 0 Å². The van der Waals surface area contributed by atoms with Crippen LogP contribution in [0.15, 0.2) is 82.1 Å². The lowest BCUT2D eigenvalue weighted by molar-refractivity contribution is 0.550. The zero-order valence-corrected chi connectivity index (χ0v) is 19.6. The van der Waals surface area contributed by atoms with Crippen LogP contribution < -0.4 is 22.0 Å². The summed E-state index contributed by atoms with van der Waals surface area (Å²) in [6, 6.07) is 20.8. The highest BCUT2D eigenvalue weighted by molar-refractivity contribution is 5.92. The maximum absolute atomic E-state index is 12.9. The minimum absolute atomic E-state index is 0.283. The quantitative estimate of drug-likeness (QED) is 0.275. The van der Waals surface area contributed by atoms with Crippen molar-refractivity contribution in [2.24, 2.45) is 0 Å². The Hall–Kier alpha value is -4.59. The number of nitrogens with two attached hydrogens (primary N) is 2. The first-order valence-electron chi connectivity index (χ1n) is 11.5. The molecule has 0 radical (unpaired) electrons. The third-order valence-electron chi connectivity index (χ3n) is 6.10. The highest BCUT2D eigenvalue weighted by atomic mass is 16.4. The van der Waals surface area contributed by atoms with E-state index < -0.39 is 5.63 Å². The number of nitrogens with zero attached hydrogens (tertiary/aromatic N) is 4. The molecule has 8 heteroatoms. The first kappa shape index (κ1) is 22.2. The van der Waals surface area contributed by atoms with E-state index in [-0.39, 0.29) is 5.69 Å². The minimum atomic E-state index is -0.489. The van der Waals surface area contributed by atoms with Gasteiger partial charge in [-0.1, -0.05) is 29.5 Å². The molecule has 3 aromatic carbocycles. The van der Waals surface area contributed by atoms with E-state index in [1.165, 1.54) is 4.68 Å². The van der Waals surface area contributed by atoms with Crippen molar-refractivity contribution in [3.8, 4) is 28.1 Å². The monoisotopic (exact) mass is 466 g/mol. The van der Waals surface area contributed by atoms with Crippen LogP contribution in [0.4, 0.5) is 17.1 Å². The van der Waals surface area contributed by atoms with Crippen molar-refractivity contribution in [3.63, 3.8) is 0 Å². The van der Waals surface area contributed by atoms with Gasteiger partial charge in [0, 0.05) is 52.7 Å². The second-order valence-electron chi connectivity index (χ2n) is 8.29. The van der Waals surface area contributed by atoms with E-state index in [1.807, 2.05) is 48.5 Å². The van der Waals surface area contributed by atoms with E-state index in [1.54, 1.807) is 24.4 Å². The van der Waals surface area contributed by atoms with Crippen LogP contribution >= 0.6 is 0 Å². The Labute approximate surface area is 202 Å². The van der Waals surface area contributed by atoms with Crippen molar-refractivity contribution in [1.82, 2.24) is 15.0 Å². The molecule has 35 heavy (non-hydrogen) atoms. The fourth-order valence-electron chi connectivity index (χ4n) is 4.19. The third kappa shape index (κ3) is 4.21. The van der Waals surface area contributed by atoms with Gasteiger partial charge in [0.2, 0.25) is 0 Å². The lowest BCUT2D eigenvalue weighted by Gasteiger charge is -2.25. The maximum Gasteiger partial charge on any atom is 0.362 e. The molecule has 0 bridgehead atoms. The van der Waals surface area contributed by atoms with Crippen LogP contribution in [-0.2, 0) is 0 Å². The zero-order chi connectivity index (χ0) is 24.5. The molecule has 176 valence electrons. The van der Waals surface area contributed by atoms with Gasteiger partial charge >= 0.3 is 5.63 Å². The van der Waals surface area contributed by atoms with Crippen LogP contribution in [-0.4, -0.2) is 28.1 Å². The Balaban J connectivity index is 1.65. The van der Waals surface area contributed by atoms with Gasteiger partial charge in [-0.3, -0.25) is 0 Å². The first-order chi connectivity index (χ1) is 17.0. The summed E-state index contributed by atoms with van der Waals surface area (Å²) >= 11 is 0. The van der Waals surface area contributed by atoms with E-state index in [0.717, 1.165) is 40.9 Å². The molecule has 0 aliphatic heterocycles. The summed E-state index contributed by atoms with van der Waals surface area (Å²) in [7, 11) is 0. The number of anilines is 3.